The zero-order valence-electron chi connectivity index (χ0n) is 15.0. The number of benzene rings is 1. The largest absolute Gasteiger partial charge is 0.380 e. The first-order valence-electron chi connectivity index (χ1n) is 9.40. The molecule has 4 aliphatic carbocycles. The van der Waals surface area contributed by atoms with Crippen molar-refractivity contribution >= 4 is 5.91 Å². The Kier molecular flexibility index (Phi) is 4.16. The molecule has 0 spiro atoms. The highest BCUT2D eigenvalue weighted by Crippen LogP contribution is 2.60. The van der Waals surface area contributed by atoms with Crippen LogP contribution in [0.3, 0.4) is 0 Å². The number of ether oxygens (including phenoxy) is 1. The summed E-state index contributed by atoms with van der Waals surface area (Å²) in [5.41, 5.74) is 2.31. The molecule has 0 aliphatic heterocycles. The van der Waals surface area contributed by atoms with Crippen molar-refractivity contribution in [3.8, 4) is 0 Å². The smallest absolute Gasteiger partial charge is 0.253 e. The molecule has 1 aromatic carbocycles. The van der Waals surface area contributed by atoms with Crippen LogP contribution in [-0.4, -0.2) is 31.5 Å². The summed E-state index contributed by atoms with van der Waals surface area (Å²) in [5, 5.41) is 0. The van der Waals surface area contributed by atoms with E-state index >= 15 is 0 Å². The van der Waals surface area contributed by atoms with E-state index in [2.05, 4.69) is 0 Å². The number of methoxy groups -OCH3 is 1. The lowest BCUT2D eigenvalue weighted by molar-refractivity contribution is -0.0629. The third-order valence-electron chi connectivity index (χ3n) is 6.60. The maximum Gasteiger partial charge on any atom is 0.253 e. The third-order valence-corrected chi connectivity index (χ3v) is 6.60. The first kappa shape index (κ1) is 16.1. The summed E-state index contributed by atoms with van der Waals surface area (Å²) in [4.78, 5) is 14.8. The highest BCUT2D eigenvalue weighted by Gasteiger charge is 2.51. The van der Waals surface area contributed by atoms with Crippen molar-refractivity contribution in [3.05, 3.63) is 35.4 Å². The van der Waals surface area contributed by atoms with Gasteiger partial charge in [-0.15, -0.1) is 0 Å². The Morgan fingerprint density at radius 2 is 1.62 bits per heavy atom. The Labute approximate surface area is 145 Å². The lowest BCUT2D eigenvalue weighted by atomic mass is 9.49. The topological polar surface area (TPSA) is 29.5 Å². The molecule has 0 radical (unpaired) electrons. The van der Waals surface area contributed by atoms with Crippen LogP contribution in [0, 0.1) is 23.2 Å². The second-order valence-electron chi connectivity index (χ2n) is 8.71. The molecule has 130 valence electrons. The number of hydrogen-bond acceptors (Lipinski definition) is 2. The number of carbonyl (C=O) groups is 1. The van der Waals surface area contributed by atoms with Gasteiger partial charge < -0.3 is 9.64 Å². The second kappa shape index (κ2) is 6.18. The van der Waals surface area contributed by atoms with Crippen molar-refractivity contribution < 1.29 is 9.53 Å². The molecule has 4 bridgehead atoms. The summed E-state index contributed by atoms with van der Waals surface area (Å²) >= 11 is 0. The van der Waals surface area contributed by atoms with Gasteiger partial charge in [-0.3, -0.25) is 4.79 Å². The van der Waals surface area contributed by atoms with E-state index in [1.165, 1.54) is 38.5 Å². The fraction of sp³-hybridized carbons (Fsp3) is 0.667. The Hall–Kier alpha value is -1.35. The van der Waals surface area contributed by atoms with Gasteiger partial charge in [0.05, 0.1) is 6.61 Å². The Morgan fingerprint density at radius 3 is 2.12 bits per heavy atom. The molecule has 0 unspecified atom stereocenters. The number of carbonyl (C=O) groups excluding carboxylic acids is 1. The number of rotatable bonds is 5. The summed E-state index contributed by atoms with van der Waals surface area (Å²) in [5.74, 6) is 2.98. The quantitative estimate of drug-likeness (QED) is 0.814. The van der Waals surface area contributed by atoms with Crippen LogP contribution < -0.4 is 0 Å². The van der Waals surface area contributed by atoms with Crippen LogP contribution in [0.15, 0.2) is 24.3 Å². The van der Waals surface area contributed by atoms with E-state index in [0.717, 1.165) is 35.4 Å². The van der Waals surface area contributed by atoms with Crippen LogP contribution in [0.25, 0.3) is 0 Å². The number of amides is 1. The third kappa shape index (κ3) is 2.99. The van der Waals surface area contributed by atoms with Gasteiger partial charge in [0.15, 0.2) is 0 Å². The van der Waals surface area contributed by atoms with Crippen molar-refractivity contribution in [3.63, 3.8) is 0 Å². The second-order valence-corrected chi connectivity index (χ2v) is 8.71. The monoisotopic (exact) mass is 327 g/mol. The molecule has 0 saturated heterocycles. The Balaban J connectivity index is 1.44. The lowest BCUT2D eigenvalue weighted by Crippen LogP contribution is -2.51. The van der Waals surface area contributed by atoms with E-state index in [0.29, 0.717) is 12.0 Å². The van der Waals surface area contributed by atoms with Crippen LogP contribution in [0.5, 0.6) is 0 Å². The summed E-state index contributed by atoms with van der Waals surface area (Å²) in [6.45, 7) is 1.53. The van der Waals surface area contributed by atoms with E-state index in [-0.39, 0.29) is 5.91 Å². The van der Waals surface area contributed by atoms with Crippen LogP contribution in [0.2, 0.25) is 0 Å². The predicted octanol–water partition coefficient (Wildman–Crippen LogP) is 4.12. The molecule has 5 rings (SSSR count). The van der Waals surface area contributed by atoms with Crippen molar-refractivity contribution in [2.75, 3.05) is 20.7 Å². The van der Waals surface area contributed by atoms with Gasteiger partial charge in [0, 0.05) is 26.3 Å². The maximum atomic E-state index is 12.8. The van der Waals surface area contributed by atoms with Gasteiger partial charge in [-0.05, 0) is 79.4 Å². The van der Waals surface area contributed by atoms with Gasteiger partial charge >= 0.3 is 0 Å². The Bertz CT molecular complexity index is 571. The van der Waals surface area contributed by atoms with E-state index < -0.39 is 0 Å². The average molecular weight is 327 g/mol. The van der Waals surface area contributed by atoms with Gasteiger partial charge in [-0.1, -0.05) is 12.1 Å². The van der Waals surface area contributed by atoms with E-state index in [1.807, 2.05) is 36.2 Å². The van der Waals surface area contributed by atoms with Gasteiger partial charge in [-0.25, -0.2) is 0 Å². The molecule has 4 fully saturated rings. The van der Waals surface area contributed by atoms with Crippen molar-refractivity contribution in [2.45, 2.75) is 45.1 Å². The Morgan fingerprint density at radius 1 is 1.08 bits per heavy atom. The van der Waals surface area contributed by atoms with E-state index in [4.69, 9.17) is 4.74 Å². The van der Waals surface area contributed by atoms with Crippen LogP contribution in [0.4, 0.5) is 0 Å². The summed E-state index contributed by atoms with van der Waals surface area (Å²) in [7, 11) is 3.68. The highest BCUT2D eigenvalue weighted by molar-refractivity contribution is 5.94. The summed E-state index contributed by atoms with van der Waals surface area (Å²) in [6.07, 6.45) is 8.42. The molecule has 3 nitrogen and oxygen atoms in total. The molecule has 1 amide bonds. The normalized spacial score (nSPS) is 33.7. The van der Waals surface area contributed by atoms with Gasteiger partial charge in [0.1, 0.15) is 0 Å². The minimum absolute atomic E-state index is 0.162. The molecule has 3 heteroatoms. The summed E-state index contributed by atoms with van der Waals surface area (Å²) < 4.78 is 5.14. The maximum absolute atomic E-state index is 12.8. The molecular weight excluding hydrogens is 298 g/mol. The molecular formula is C21H29NO2. The minimum atomic E-state index is 0.162. The van der Waals surface area contributed by atoms with Crippen LogP contribution in [0.1, 0.15) is 54.4 Å². The van der Waals surface area contributed by atoms with Crippen molar-refractivity contribution in [1.82, 2.24) is 4.90 Å². The van der Waals surface area contributed by atoms with Crippen molar-refractivity contribution in [1.29, 1.82) is 0 Å². The summed E-state index contributed by atoms with van der Waals surface area (Å²) in [6, 6.07) is 7.87. The van der Waals surface area contributed by atoms with Crippen LogP contribution >= 0.6 is 0 Å². The molecule has 1 aromatic rings. The number of nitrogens with zero attached hydrogens (tertiary/aromatic N) is 1. The zero-order chi connectivity index (χ0) is 16.7. The van der Waals surface area contributed by atoms with Gasteiger partial charge in [0.25, 0.3) is 5.91 Å². The molecule has 24 heavy (non-hydrogen) atoms. The molecule has 0 aromatic heterocycles. The van der Waals surface area contributed by atoms with E-state index in [9.17, 15) is 4.79 Å². The molecule has 4 saturated carbocycles. The average Bonchev–Trinajstić information content (AvgIpc) is 2.53. The SMILES string of the molecule is COCc1ccc(C(=O)N(C)CC23CC4CC(CC(C4)C2)C3)cc1. The standard InChI is InChI=1S/C21H29NO2/c1-22(20(23)19-5-3-15(4-6-19)13-24-2)14-21-10-16-7-17(11-21)9-18(8-16)12-21/h3-6,16-18H,7-14H2,1-2H3. The van der Waals surface area contributed by atoms with Gasteiger partial charge in [0.2, 0.25) is 0 Å². The van der Waals surface area contributed by atoms with Crippen molar-refractivity contribution in [2.24, 2.45) is 23.2 Å². The van der Waals surface area contributed by atoms with Crippen LogP contribution in [-0.2, 0) is 11.3 Å². The first-order valence-corrected chi connectivity index (χ1v) is 9.40. The first-order chi connectivity index (χ1) is 11.6. The molecule has 4 aliphatic rings. The van der Waals surface area contributed by atoms with Gasteiger partial charge in [-0.2, -0.15) is 0 Å². The fourth-order valence-electron chi connectivity index (χ4n) is 6.19. The fourth-order valence-corrected chi connectivity index (χ4v) is 6.19. The van der Waals surface area contributed by atoms with E-state index in [1.54, 1.807) is 7.11 Å². The highest BCUT2D eigenvalue weighted by atomic mass is 16.5. The molecule has 0 atom stereocenters. The molecule has 0 N–H and O–H groups in total. The number of hydrogen-bond donors (Lipinski definition) is 0. The molecule has 0 heterocycles. The zero-order valence-corrected chi connectivity index (χ0v) is 15.0. The lowest BCUT2D eigenvalue weighted by Gasteiger charge is -2.57. The predicted molar refractivity (Wildman–Crippen MR) is 94.7 cm³/mol. The minimum Gasteiger partial charge on any atom is -0.380 e.